The summed E-state index contributed by atoms with van der Waals surface area (Å²) in [7, 11) is 1.33. The Morgan fingerprint density at radius 2 is 1.78 bits per heavy atom. The van der Waals surface area contributed by atoms with Crippen LogP contribution in [0.1, 0.15) is 54.4 Å². The molecule has 5 aliphatic rings. The lowest BCUT2D eigenvalue weighted by molar-refractivity contribution is -0.118. The highest BCUT2D eigenvalue weighted by molar-refractivity contribution is 5.95. The van der Waals surface area contributed by atoms with Crippen LogP contribution in [0.25, 0.3) is 0 Å². The number of rotatable bonds is 11. The number of anilines is 1. The van der Waals surface area contributed by atoms with Crippen LogP contribution in [-0.4, -0.2) is 76.4 Å². The topological polar surface area (TPSA) is 89.1 Å². The lowest BCUT2D eigenvalue weighted by Gasteiger charge is -2.62. The van der Waals surface area contributed by atoms with Crippen LogP contribution in [0, 0.1) is 17.3 Å². The van der Waals surface area contributed by atoms with E-state index in [9.17, 15) is 9.59 Å². The molecule has 5 fully saturated rings. The fourth-order valence-electron chi connectivity index (χ4n) is 8.50. The Morgan fingerprint density at radius 3 is 2.51 bits per heavy atom. The number of nitrogens with one attached hydrogen (secondary N) is 2. The number of carbonyl (C=O) groups excluding carboxylic acids is 2. The largest absolute Gasteiger partial charge is 0.484 e. The number of ether oxygens (including phenoxy) is 3. The van der Waals surface area contributed by atoms with Gasteiger partial charge >= 0.3 is 5.97 Å². The van der Waals surface area contributed by atoms with Crippen molar-refractivity contribution in [3.8, 4) is 5.75 Å². The third-order valence-corrected chi connectivity index (χ3v) is 9.79. The van der Waals surface area contributed by atoms with Gasteiger partial charge in [-0.25, -0.2) is 4.79 Å². The summed E-state index contributed by atoms with van der Waals surface area (Å²) >= 11 is 0. The summed E-state index contributed by atoms with van der Waals surface area (Å²) in [5.41, 5.74) is 3.02. The molecule has 220 valence electrons. The van der Waals surface area contributed by atoms with E-state index in [1.165, 1.54) is 51.2 Å². The summed E-state index contributed by atoms with van der Waals surface area (Å²) < 4.78 is 16.1. The summed E-state index contributed by atoms with van der Waals surface area (Å²) in [6.07, 6.45) is 8.00. The second kappa shape index (κ2) is 12.1. The van der Waals surface area contributed by atoms with E-state index in [0.717, 1.165) is 57.8 Å². The zero-order valence-electron chi connectivity index (χ0n) is 24.2. The molecule has 1 heterocycles. The molecule has 0 radical (unpaired) electrons. The molecule has 0 aromatic heterocycles. The van der Waals surface area contributed by atoms with Crippen LogP contribution in [0.3, 0.4) is 0 Å². The molecule has 2 N–H and O–H groups in total. The number of amides is 1. The fourth-order valence-corrected chi connectivity index (χ4v) is 8.50. The van der Waals surface area contributed by atoms with Gasteiger partial charge in [-0.2, -0.15) is 0 Å². The third-order valence-electron chi connectivity index (χ3n) is 9.79. The zero-order valence-corrected chi connectivity index (χ0v) is 24.2. The van der Waals surface area contributed by atoms with Crippen molar-refractivity contribution in [3.63, 3.8) is 0 Å². The Bertz CT molecular complexity index is 1210. The maximum absolute atomic E-state index is 12.5. The first-order valence-corrected chi connectivity index (χ1v) is 15.2. The molecule has 8 heteroatoms. The molecule has 2 aromatic carbocycles. The number of benzene rings is 2. The Kier molecular flexibility index (Phi) is 8.33. The van der Waals surface area contributed by atoms with Crippen molar-refractivity contribution < 1.29 is 23.8 Å². The smallest absolute Gasteiger partial charge is 0.337 e. The number of hydrogen-bond donors (Lipinski definition) is 2. The van der Waals surface area contributed by atoms with Crippen LogP contribution < -0.4 is 15.4 Å². The molecule has 2 aromatic rings. The van der Waals surface area contributed by atoms with Crippen LogP contribution >= 0.6 is 0 Å². The van der Waals surface area contributed by atoms with E-state index in [-0.39, 0.29) is 17.9 Å². The molecule has 4 saturated carbocycles. The monoisotopic (exact) mass is 561 g/mol. The molecule has 1 saturated heterocycles. The Balaban J connectivity index is 1.03. The van der Waals surface area contributed by atoms with Gasteiger partial charge in [-0.1, -0.05) is 18.2 Å². The number of carbonyl (C=O) groups is 2. The van der Waals surface area contributed by atoms with E-state index < -0.39 is 5.97 Å². The van der Waals surface area contributed by atoms with Crippen molar-refractivity contribution >= 4 is 17.6 Å². The quantitative estimate of drug-likeness (QED) is 0.313. The molecule has 2 atom stereocenters. The van der Waals surface area contributed by atoms with E-state index in [2.05, 4.69) is 27.7 Å². The van der Waals surface area contributed by atoms with Crippen molar-refractivity contribution in [1.29, 1.82) is 0 Å². The number of methoxy groups -OCH3 is 1. The molecule has 8 nitrogen and oxygen atoms in total. The van der Waals surface area contributed by atoms with Gasteiger partial charge in [0.15, 0.2) is 6.61 Å². The molecule has 1 amide bonds. The number of morpholine rings is 1. The summed E-state index contributed by atoms with van der Waals surface area (Å²) in [4.78, 5) is 26.8. The third kappa shape index (κ3) is 6.45. The van der Waals surface area contributed by atoms with Crippen molar-refractivity contribution in [1.82, 2.24) is 10.2 Å². The second-order valence-electron chi connectivity index (χ2n) is 12.8. The number of esters is 1. The standard InChI is InChI=1S/C33H43N3O5/c1-39-31(38)26-3-2-4-28(16-26)35-30(37)21-41-29-7-5-27(6-8-29)33-19-24-15-25(20-33)18-32(17-24,22-33)23-34-9-10-36-11-13-40-14-12-36/h2-8,16,24-25,34H,9-15,17-23H2,1H3,(H,35,37). The fraction of sp³-hybridized carbons (Fsp3) is 0.576. The first kappa shape index (κ1) is 28.2. The van der Waals surface area contributed by atoms with Crippen LogP contribution in [0.5, 0.6) is 5.75 Å². The Hall–Kier alpha value is -2.94. The zero-order chi connectivity index (χ0) is 28.3. The van der Waals surface area contributed by atoms with Gasteiger partial charge in [-0.15, -0.1) is 0 Å². The highest BCUT2D eigenvalue weighted by atomic mass is 16.5. The van der Waals surface area contributed by atoms with Gasteiger partial charge in [0.05, 0.1) is 25.9 Å². The summed E-state index contributed by atoms with van der Waals surface area (Å²) in [6, 6.07) is 15.2. The van der Waals surface area contributed by atoms with E-state index in [1.807, 2.05) is 12.1 Å². The molecular weight excluding hydrogens is 518 g/mol. The van der Waals surface area contributed by atoms with Crippen LogP contribution in [-0.2, 0) is 19.7 Å². The summed E-state index contributed by atoms with van der Waals surface area (Å²) in [6.45, 7) is 7.02. The number of nitrogens with zero attached hydrogens (tertiary/aromatic N) is 1. The first-order chi connectivity index (χ1) is 19.9. The van der Waals surface area contributed by atoms with Gasteiger partial charge in [-0.05, 0) is 97.1 Å². The minimum atomic E-state index is -0.442. The summed E-state index contributed by atoms with van der Waals surface area (Å²) in [5, 5.41) is 6.65. The predicted octanol–water partition coefficient (Wildman–Crippen LogP) is 4.25. The van der Waals surface area contributed by atoms with Crippen molar-refractivity contribution in [2.75, 3.05) is 65.0 Å². The van der Waals surface area contributed by atoms with Gasteiger partial charge in [-0.3, -0.25) is 9.69 Å². The minimum absolute atomic E-state index is 0.101. The average Bonchev–Trinajstić information content (AvgIpc) is 2.98. The highest BCUT2D eigenvalue weighted by Crippen LogP contribution is 2.65. The van der Waals surface area contributed by atoms with Gasteiger partial charge < -0.3 is 24.8 Å². The van der Waals surface area contributed by atoms with Crippen LogP contribution in [0.2, 0.25) is 0 Å². The van der Waals surface area contributed by atoms with Gasteiger partial charge in [0, 0.05) is 38.4 Å². The predicted molar refractivity (Wildman–Crippen MR) is 157 cm³/mol. The normalized spacial score (nSPS) is 28.8. The Labute approximate surface area is 243 Å². The van der Waals surface area contributed by atoms with E-state index in [1.54, 1.807) is 24.3 Å². The van der Waals surface area contributed by atoms with E-state index in [4.69, 9.17) is 14.2 Å². The molecular formula is C33H43N3O5. The molecule has 4 bridgehead atoms. The second-order valence-corrected chi connectivity index (χ2v) is 12.8. The average molecular weight is 562 g/mol. The highest BCUT2D eigenvalue weighted by Gasteiger charge is 2.57. The maximum atomic E-state index is 12.5. The van der Waals surface area contributed by atoms with Gasteiger partial charge in [0.2, 0.25) is 0 Å². The van der Waals surface area contributed by atoms with Crippen molar-refractivity contribution in [2.45, 2.75) is 43.9 Å². The Morgan fingerprint density at radius 1 is 1.02 bits per heavy atom. The molecule has 0 spiro atoms. The van der Waals surface area contributed by atoms with Crippen molar-refractivity contribution in [3.05, 3.63) is 59.7 Å². The number of hydrogen-bond acceptors (Lipinski definition) is 7. The van der Waals surface area contributed by atoms with E-state index in [0.29, 0.717) is 22.4 Å². The SMILES string of the molecule is COC(=O)c1cccc(NC(=O)COc2ccc(C34CC5CC(CC(CNCCN6CCOCC6)(C5)C3)C4)cc2)c1. The van der Waals surface area contributed by atoms with E-state index >= 15 is 0 Å². The lowest BCUT2D eigenvalue weighted by atomic mass is 9.43. The molecule has 2 unspecified atom stereocenters. The molecule has 4 aliphatic carbocycles. The van der Waals surface area contributed by atoms with Gasteiger partial charge in [0.25, 0.3) is 5.91 Å². The summed E-state index contributed by atoms with van der Waals surface area (Å²) in [5.74, 6) is 1.63. The minimum Gasteiger partial charge on any atom is -0.484 e. The van der Waals surface area contributed by atoms with Crippen LogP contribution in [0.4, 0.5) is 5.69 Å². The maximum Gasteiger partial charge on any atom is 0.337 e. The van der Waals surface area contributed by atoms with Crippen LogP contribution in [0.15, 0.2) is 48.5 Å². The van der Waals surface area contributed by atoms with Crippen molar-refractivity contribution in [2.24, 2.45) is 17.3 Å². The molecule has 41 heavy (non-hydrogen) atoms. The molecule has 7 rings (SSSR count). The molecule has 1 aliphatic heterocycles. The van der Waals surface area contributed by atoms with Gasteiger partial charge in [0.1, 0.15) is 5.75 Å². The lowest BCUT2D eigenvalue weighted by Crippen LogP contribution is -2.57. The first-order valence-electron chi connectivity index (χ1n) is 15.2.